The number of carbonyl (C=O) groups excluding carboxylic acids is 1. The number of rotatable bonds is 2. The van der Waals surface area contributed by atoms with Crippen LogP contribution in [0.5, 0.6) is 0 Å². The van der Waals surface area contributed by atoms with E-state index in [0.29, 0.717) is 5.56 Å². The molecule has 22 heavy (non-hydrogen) atoms. The molecule has 1 aromatic heterocycles. The normalized spacial score (nSPS) is 17.7. The Hall–Kier alpha value is -2.31. The van der Waals surface area contributed by atoms with E-state index in [1.54, 1.807) is 31.3 Å². The molecule has 1 aliphatic rings. The van der Waals surface area contributed by atoms with Gasteiger partial charge in [-0.3, -0.25) is 4.79 Å². The fraction of sp³-hybridized carbons (Fsp3) is 0.333. The van der Waals surface area contributed by atoms with E-state index in [9.17, 15) is 18.0 Å². The van der Waals surface area contributed by atoms with E-state index in [2.05, 4.69) is 11.3 Å². The maximum atomic E-state index is 13.1. The van der Waals surface area contributed by atoms with E-state index < -0.39 is 17.9 Å². The second kappa shape index (κ2) is 4.86. The Balaban J connectivity index is 2.05. The second-order valence-electron chi connectivity index (χ2n) is 5.28. The molecule has 2 aromatic rings. The first-order chi connectivity index (χ1) is 10.3. The predicted molar refractivity (Wildman–Crippen MR) is 73.6 cm³/mol. The molecule has 0 N–H and O–H groups in total. The van der Waals surface area contributed by atoms with Gasteiger partial charge in [0.2, 0.25) is 0 Å². The van der Waals surface area contributed by atoms with E-state index >= 15 is 0 Å². The summed E-state index contributed by atoms with van der Waals surface area (Å²) in [7, 11) is 3.00. The zero-order chi connectivity index (χ0) is 16.1. The molecule has 1 unspecified atom stereocenters. The third-order valence-electron chi connectivity index (χ3n) is 3.91. The number of hydrogen-bond donors (Lipinski definition) is 0. The molecule has 1 radical (unpaired) electrons. The van der Waals surface area contributed by atoms with E-state index in [1.165, 1.54) is 16.5 Å². The van der Waals surface area contributed by atoms with Crippen molar-refractivity contribution >= 4 is 11.6 Å². The number of benzene rings is 1. The summed E-state index contributed by atoms with van der Waals surface area (Å²) in [5.74, 6) is -0.158. The molecule has 0 bridgehead atoms. The maximum absolute atomic E-state index is 13.1. The van der Waals surface area contributed by atoms with Crippen LogP contribution in [0.25, 0.3) is 0 Å². The number of anilines is 1. The molecule has 1 aliphatic carbocycles. The number of alkyl halides is 3. The van der Waals surface area contributed by atoms with Gasteiger partial charge in [0, 0.05) is 26.1 Å². The van der Waals surface area contributed by atoms with Crippen LogP contribution < -0.4 is 4.90 Å². The minimum absolute atomic E-state index is 0.0628. The van der Waals surface area contributed by atoms with Crippen LogP contribution in [0, 0.1) is 6.33 Å². The van der Waals surface area contributed by atoms with Gasteiger partial charge < -0.3 is 9.47 Å². The summed E-state index contributed by atoms with van der Waals surface area (Å²) in [6.07, 6.45) is -2.11. The molecule has 0 amide bonds. The number of carbonyl (C=O) groups is 1. The molecule has 0 saturated heterocycles. The van der Waals surface area contributed by atoms with Crippen molar-refractivity contribution in [1.82, 2.24) is 9.55 Å². The number of aromatic nitrogens is 2. The van der Waals surface area contributed by atoms with Gasteiger partial charge in [-0.15, -0.1) is 0 Å². The van der Waals surface area contributed by atoms with Crippen LogP contribution in [-0.2, 0) is 13.2 Å². The van der Waals surface area contributed by atoms with Crippen LogP contribution in [-0.4, -0.2) is 22.4 Å². The molecular formula is C15H13F3N3O. The Morgan fingerprint density at radius 1 is 1.36 bits per heavy atom. The SMILES string of the molecule is CN(c1c(C(F)(F)F)n[c]n1C)C1CC(=O)c2ccccc21. The predicted octanol–water partition coefficient (Wildman–Crippen LogP) is 3.00. The monoisotopic (exact) mass is 308 g/mol. The number of imidazole rings is 1. The average molecular weight is 308 g/mol. The van der Waals surface area contributed by atoms with Crippen molar-refractivity contribution in [2.45, 2.75) is 18.6 Å². The van der Waals surface area contributed by atoms with Crippen molar-refractivity contribution in [1.29, 1.82) is 0 Å². The summed E-state index contributed by atoms with van der Waals surface area (Å²) in [4.78, 5) is 16.8. The molecule has 4 nitrogen and oxygen atoms in total. The number of ketones is 1. The Bertz CT molecular complexity index is 736. The molecule has 0 fully saturated rings. The highest BCUT2D eigenvalue weighted by Gasteiger charge is 2.41. The third-order valence-corrected chi connectivity index (χ3v) is 3.91. The van der Waals surface area contributed by atoms with Crippen LogP contribution in [0.1, 0.15) is 34.1 Å². The Labute approximate surface area is 125 Å². The molecule has 1 heterocycles. The van der Waals surface area contributed by atoms with Crippen LogP contribution >= 0.6 is 0 Å². The second-order valence-corrected chi connectivity index (χ2v) is 5.28. The van der Waals surface area contributed by atoms with Gasteiger partial charge in [0.05, 0.1) is 6.04 Å². The Morgan fingerprint density at radius 2 is 2.05 bits per heavy atom. The maximum Gasteiger partial charge on any atom is 0.437 e. The number of nitrogens with zero attached hydrogens (tertiary/aromatic N) is 3. The van der Waals surface area contributed by atoms with Crippen molar-refractivity contribution in [3.8, 4) is 0 Å². The number of hydrogen-bond acceptors (Lipinski definition) is 3. The summed E-state index contributed by atoms with van der Waals surface area (Å²) in [5, 5.41) is 0. The van der Waals surface area contributed by atoms with Crippen LogP contribution in [0.4, 0.5) is 19.0 Å². The van der Waals surface area contributed by atoms with Gasteiger partial charge in [-0.1, -0.05) is 24.3 Å². The summed E-state index contributed by atoms with van der Waals surface area (Å²) in [5.41, 5.74) is 0.317. The summed E-state index contributed by atoms with van der Waals surface area (Å²) in [6.45, 7) is 0. The first-order valence-electron chi connectivity index (χ1n) is 6.67. The first kappa shape index (κ1) is 14.6. The summed E-state index contributed by atoms with van der Waals surface area (Å²) in [6, 6.07) is 6.56. The number of halogens is 3. The lowest BCUT2D eigenvalue weighted by Crippen LogP contribution is -2.27. The molecular weight excluding hydrogens is 295 g/mol. The Morgan fingerprint density at radius 3 is 2.73 bits per heavy atom. The minimum atomic E-state index is -4.57. The highest BCUT2D eigenvalue weighted by atomic mass is 19.4. The first-order valence-corrected chi connectivity index (χ1v) is 6.67. The fourth-order valence-corrected chi connectivity index (χ4v) is 2.91. The largest absolute Gasteiger partial charge is 0.437 e. The molecule has 3 rings (SSSR count). The smallest absolute Gasteiger partial charge is 0.352 e. The molecule has 0 aliphatic heterocycles. The molecule has 1 atom stereocenters. The lowest BCUT2D eigenvalue weighted by molar-refractivity contribution is -0.140. The lowest BCUT2D eigenvalue weighted by Gasteiger charge is -2.28. The number of fused-ring (bicyclic) bond motifs is 1. The molecule has 1 aromatic carbocycles. The van der Waals surface area contributed by atoms with Gasteiger partial charge in [0.15, 0.2) is 17.8 Å². The van der Waals surface area contributed by atoms with Crippen molar-refractivity contribution in [2.75, 3.05) is 11.9 Å². The van der Waals surface area contributed by atoms with Crippen LogP contribution in [0.3, 0.4) is 0 Å². The van der Waals surface area contributed by atoms with Gasteiger partial charge in [-0.2, -0.15) is 13.2 Å². The lowest BCUT2D eigenvalue weighted by atomic mass is 10.1. The van der Waals surface area contributed by atoms with Gasteiger partial charge >= 0.3 is 6.18 Å². The molecule has 7 heteroatoms. The van der Waals surface area contributed by atoms with E-state index in [0.717, 1.165) is 5.56 Å². The standard InChI is InChI=1S/C15H13F3N3O/c1-20-8-19-13(15(16,17)18)14(20)21(2)11-7-12(22)10-6-4-3-5-9(10)11/h3-6,11H,7H2,1-2H3. The average Bonchev–Trinajstić information content (AvgIpc) is 3.00. The van der Waals surface area contributed by atoms with Gasteiger partial charge in [0.1, 0.15) is 5.82 Å². The molecule has 0 saturated carbocycles. The van der Waals surface area contributed by atoms with Crippen LogP contribution in [0.15, 0.2) is 24.3 Å². The van der Waals surface area contributed by atoms with Gasteiger partial charge in [0.25, 0.3) is 0 Å². The van der Waals surface area contributed by atoms with Gasteiger partial charge in [-0.25, -0.2) is 4.98 Å². The van der Waals surface area contributed by atoms with Crippen molar-refractivity contribution in [3.63, 3.8) is 0 Å². The van der Waals surface area contributed by atoms with E-state index in [1.807, 2.05) is 0 Å². The van der Waals surface area contributed by atoms with Crippen molar-refractivity contribution < 1.29 is 18.0 Å². The van der Waals surface area contributed by atoms with Crippen molar-refractivity contribution in [3.05, 3.63) is 47.4 Å². The van der Waals surface area contributed by atoms with Crippen molar-refractivity contribution in [2.24, 2.45) is 7.05 Å². The van der Waals surface area contributed by atoms with E-state index in [-0.39, 0.29) is 18.0 Å². The van der Waals surface area contributed by atoms with Crippen LogP contribution in [0.2, 0.25) is 0 Å². The minimum Gasteiger partial charge on any atom is -0.352 e. The fourth-order valence-electron chi connectivity index (χ4n) is 2.91. The number of Topliss-reactive ketones (excluding diaryl/α,β-unsaturated/α-hetero) is 1. The number of aryl methyl sites for hydroxylation is 1. The zero-order valence-corrected chi connectivity index (χ0v) is 12.0. The highest BCUT2D eigenvalue weighted by molar-refractivity contribution is 6.01. The summed E-state index contributed by atoms with van der Waals surface area (Å²) >= 11 is 0. The Kier molecular flexibility index (Phi) is 3.23. The molecule has 115 valence electrons. The summed E-state index contributed by atoms with van der Waals surface area (Å²) < 4.78 is 40.5. The highest BCUT2D eigenvalue weighted by Crippen LogP contribution is 2.41. The quantitative estimate of drug-likeness (QED) is 0.856. The van der Waals surface area contributed by atoms with Gasteiger partial charge in [-0.05, 0) is 5.56 Å². The zero-order valence-electron chi connectivity index (χ0n) is 12.0. The third kappa shape index (κ3) is 2.17. The van der Waals surface area contributed by atoms with E-state index in [4.69, 9.17) is 0 Å². The molecule has 0 spiro atoms. The topological polar surface area (TPSA) is 38.1 Å².